The third-order valence-electron chi connectivity index (χ3n) is 2.34. The van der Waals surface area contributed by atoms with E-state index in [2.05, 4.69) is 4.98 Å². The predicted octanol–water partition coefficient (Wildman–Crippen LogP) is 1.51. The van der Waals surface area contributed by atoms with Gasteiger partial charge in [-0.15, -0.1) is 0 Å². The van der Waals surface area contributed by atoms with Gasteiger partial charge in [0.25, 0.3) is 5.91 Å². The minimum Gasteiger partial charge on any atom is -0.269 e. The molecule has 0 aliphatic rings. The molecule has 1 N–H and O–H groups in total. The smallest absolute Gasteiger partial charge is 0.260 e. The topological polar surface area (TPSA) is 76.1 Å². The number of aromatic nitrogens is 1. The van der Waals surface area contributed by atoms with Crippen molar-refractivity contribution in [2.45, 2.75) is 13.8 Å². The Labute approximate surface area is 113 Å². The summed E-state index contributed by atoms with van der Waals surface area (Å²) in [6, 6.07) is 3.72. The Morgan fingerprint density at radius 2 is 2.00 bits per heavy atom. The Morgan fingerprint density at radius 3 is 2.53 bits per heavy atom. The van der Waals surface area contributed by atoms with Crippen LogP contribution in [0.5, 0.6) is 0 Å². The number of allylic oxidation sites excluding steroid dienone is 3. The van der Waals surface area contributed by atoms with E-state index in [1.165, 1.54) is 0 Å². The number of rotatable bonds is 4. The third kappa shape index (κ3) is 5.48. The number of pyridine rings is 1. The molecule has 0 radical (unpaired) electrons. The number of sulfonamides is 1. The maximum absolute atomic E-state index is 11.5. The molecular formula is C13H16N2O3S. The molecule has 1 amide bonds. The SMILES string of the molecule is C/C(=C\C=C(/C)c1cccnc1)C(=O)NS(C)(=O)=O. The molecule has 19 heavy (non-hydrogen) atoms. The fourth-order valence-electron chi connectivity index (χ4n) is 1.27. The van der Waals surface area contributed by atoms with Crippen LogP contribution in [-0.2, 0) is 14.8 Å². The minimum absolute atomic E-state index is 0.314. The first kappa shape index (κ1) is 15.1. The number of amides is 1. The Balaban J connectivity index is 2.83. The van der Waals surface area contributed by atoms with Gasteiger partial charge in [0.05, 0.1) is 6.26 Å². The molecule has 0 spiro atoms. The number of nitrogens with zero attached hydrogens (tertiary/aromatic N) is 1. The predicted molar refractivity (Wildman–Crippen MR) is 74.6 cm³/mol. The molecule has 0 saturated carbocycles. The molecule has 0 aliphatic heterocycles. The standard InChI is InChI=1S/C13H16N2O3S/c1-10(12-5-4-8-14-9-12)6-7-11(2)13(16)15-19(3,17)18/h4-9H,1-3H3,(H,15,16)/b10-6+,11-7+. The minimum atomic E-state index is -3.53. The van der Waals surface area contributed by atoms with Crippen molar-refractivity contribution in [1.29, 1.82) is 0 Å². The number of hydrogen-bond donors (Lipinski definition) is 1. The lowest BCUT2D eigenvalue weighted by Gasteiger charge is -2.02. The molecule has 0 fully saturated rings. The van der Waals surface area contributed by atoms with Crippen molar-refractivity contribution >= 4 is 21.5 Å². The van der Waals surface area contributed by atoms with Crippen LogP contribution in [0.2, 0.25) is 0 Å². The molecule has 1 aromatic rings. The van der Waals surface area contributed by atoms with Crippen LogP contribution < -0.4 is 4.72 Å². The number of carbonyl (C=O) groups is 1. The highest BCUT2D eigenvalue weighted by atomic mass is 32.2. The average molecular weight is 280 g/mol. The summed E-state index contributed by atoms with van der Waals surface area (Å²) in [6.45, 7) is 3.43. The molecule has 1 rings (SSSR count). The van der Waals surface area contributed by atoms with E-state index < -0.39 is 15.9 Å². The zero-order chi connectivity index (χ0) is 14.5. The van der Waals surface area contributed by atoms with Crippen molar-refractivity contribution < 1.29 is 13.2 Å². The van der Waals surface area contributed by atoms with E-state index in [0.717, 1.165) is 17.4 Å². The highest BCUT2D eigenvalue weighted by Gasteiger charge is 2.09. The molecule has 1 aromatic heterocycles. The van der Waals surface area contributed by atoms with Gasteiger partial charge in [0, 0.05) is 18.0 Å². The monoisotopic (exact) mass is 280 g/mol. The van der Waals surface area contributed by atoms with E-state index in [0.29, 0.717) is 5.57 Å². The van der Waals surface area contributed by atoms with E-state index in [4.69, 9.17) is 0 Å². The zero-order valence-corrected chi connectivity index (χ0v) is 11.9. The van der Waals surface area contributed by atoms with Crippen LogP contribution in [0, 0.1) is 0 Å². The van der Waals surface area contributed by atoms with Gasteiger partial charge in [0.1, 0.15) is 0 Å². The van der Waals surface area contributed by atoms with Crippen LogP contribution in [-0.4, -0.2) is 25.6 Å². The molecule has 0 atom stereocenters. The van der Waals surface area contributed by atoms with Gasteiger partial charge in [-0.05, 0) is 31.1 Å². The van der Waals surface area contributed by atoms with Crippen molar-refractivity contribution in [3.05, 3.63) is 47.8 Å². The summed E-state index contributed by atoms with van der Waals surface area (Å²) in [6.07, 6.45) is 7.65. The van der Waals surface area contributed by atoms with Gasteiger partial charge < -0.3 is 0 Å². The van der Waals surface area contributed by atoms with Crippen LogP contribution in [0.15, 0.2) is 42.3 Å². The molecular weight excluding hydrogens is 264 g/mol. The summed E-state index contributed by atoms with van der Waals surface area (Å²) >= 11 is 0. The average Bonchev–Trinajstić information content (AvgIpc) is 2.34. The van der Waals surface area contributed by atoms with Crippen LogP contribution >= 0.6 is 0 Å². The van der Waals surface area contributed by atoms with E-state index in [1.807, 2.05) is 23.8 Å². The van der Waals surface area contributed by atoms with E-state index >= 15 is 0 Å². The van der Waals surface area contributed by atoms with Crippen LogP contribution in [0.3, 0.4) is 0 Å². The van der Waals surface area contributed by atoms with Gasteiger partial charge in [-0.3, -0.25) is 9.78 Å². The molecule has 0 aromatic carbocycles. The molecule has 0 bridgehead atoms. The lowest BCUT2D eigenvalue weighted by atomic mass is 10.1. The lowest BCUT2D eigenvalue weighted by molar-refractivity contribution is -0.115. The molecule has 102 valence electrons. The van der Waals surface area contributed by atoms with E-state index in [1.54, 1.807) is 31.5 Å². The maximum atomic E-state index is 11.5. The van der Waals surface area contributed by atoms with Gasteiger partial charge in [-0.1, -0.05) is 18.2 Å². The fraction of sp³-hybridized carbons (Fsp3) is 0.231. The molecule has 0 aliphatic carbocycles. The highest BCUT2D eigenvalue weighted by molar-refractivity contribution is 7.89. The molecule has 6 heteroatoms. The zero-order valence-electron chi connectivity index (χ0n) is 11.0. The Kier molecular flexibility index (Phi) is 5.00. The summed E-state index contributed by atoms with van der Waals surface area (Å²) in [5, 5.41) is 0. The van der Waals surface area contributed by atoms with Crippen LogP contribution in [0.4, 0.5) is 0 Å². The van der Waals surface area contributed by atoms with Gasteiger partial charge >= 0.3 is 0 Å². The molecule has 5 nitrogen and oxygen atoms in total. The van der Waals surface area contributed by atoms with Gasteiger partial charge in [-0.2, -0.15) is 0 Å². The van der Waals surface area contributed by atoms with Crippen LogP contribution in [0.25, 0.3) is 5.57 Å². The van der Waals surface area contributed by atoms with Gasteiger partial charge in [0.15, 0.2) is 0 Å². The first-order valence-corrected chi connectivity index (χ1v) is 7.46. The largest absolute Gasteiger partial charge is 0.269 e. The maximum Gasteiger partial charge on any atom is 0.260 e. The Hall–Kier alpha value is -1.95. The van der Waals surface area contributed by atoms with Gasteiger partial charge in [0.2, 0.25) is 10.0 Å². The second-order valence-corrected chi connectivity index (χ2v) is 5.89. The first-order valence-electron chi connectivity index (χ1n) is 5.57. The van der Waals surface area contributed by atoms with E-state index in [-0.39, 0.29) is 0 Å². The molecule has 0 unspecified atom stereocenters. The van der Waals surface area contributed by atoms with Crippen LogP contribution in [0.1, 0.15) is 19.4 Å². The molecule has 1 heterocycles. The van der Waals surface area contributed by atoms with Crippen molar-refractivity contribution in [2.75, 3.05) is 6.26 Å². The summed E-state index contributed by atoms with van der Waals surface area (Å²) < 4.78 is 23.8. The Bertz CT molecular complexity index is 617. The second-order valence-electron chi connectivity index (χ2n) is 4.14. The first-order chi connectivity index (χ1) is 8.79. The quantitative estimate of drug-likeness (QED) is 0.670. The van der Waals surface area contributed by atoms with Gasteiger partial charge in [-0.25, -0.2) is 13.1 Å². The fourth-order valence-corrected chi connectivity index (χ4v) is 1.76. The van der Waals surface area contributed by atoms with Crippen molar-refractivity contribution in [3.63, 3.8) is 0 Å². The number of hydrogen-bond acceptors (Lipinski definition) is 4. The Morgan fingerprint density at radius 1 is 1.32 bits per heavy atom. The number of carbonyl (C=O) groups excluding carboxylic acids is 1. The summed E-state index contributed by atoms with van der Waals surface area (Å²) in [5.74, 6) is -0.627. The summed E-state index contributed by atoms with van der Waals surface area (Å²) in [4.78, 5) is 15.5. The summed E-state index contributed by atoms with van der Waals surface area (Å²) in [7, 11) is -3.53. The number of nitrogens with one attached hydrogen (secondary N) is 1. The highest BCUT2D eigenvalue weighted by Crippen LogP contribution is 2.12. The second kappa shape index (κ2) is 6.29. The third-order valence-corrected chi connectivity index (χ3v) is 2.89. The van der Waals surface area contributed by atoms with Crippen molar-refractivity contribution in [1.82, 2.24) is 9.71 Å². The van der Waals surface area contributed by atoms with Crippen molar-refractivity contribution in [2.24, 2.45) is 0 Å². The summed E-state index contributed by atoms with van der Waals surface area (Å²) in [5.41, 5.74) is 2.18. The van der Waals surface area contributed by atoms with E-state index in [9.17, 15) is 13.2 Å². The lowest BCUT2D eigenvalue weighted by Crippen LogP contribution is -2.29. The van der Waals surface area contributed by atoms with Crippen molar-refractivity contribution in [3.8, 4) is 0 Å². The normalized spacial score (nSPS) is 13.2. The molecule has 0 saturated heterocycles.